The first-order chi connectivity index (χ1) is 14.4. The fourth-order valence-corrected chi connectivity index (χ4v) is 3.97. The van der Waals surface area contributed by atoms with Gasteiger partial charge in [0.15, 0.2) is 11.6 Å². The molecule has 3 rings (SSSR count). The number of allylic oxidation sites excluding steroid dienone is 2. The summed E-state index contributed by atoms with van der Waals surface area (Å²) in [5.74, 6) is -0.910. The van der Waals surface area contributed by atoms with Gasteiger partial charge in [-0.05, 0) is 67.5 Å². The van der Waals surface area contributed by atoms with Gasteiger partial charge in [0.25, 0.3) is 0 Å². The van der Waals surface area contributed by atoms with Gasteiger partial charge < -0.3 is 9.47 Å². The first-order valence-electron chi connectivity index (χ1n) is 10.3. The average Bonchev–Trinajstić information content (AvgIpc) is 2.74. The third kappa shape index (κ3) is 5.12. The van der Waals surface area contributed by atoms with E-state index in [1.807, 2.05) is 0 Å². The molecule has 2 nitrogen and oxygen atoms in total. The second kappa shape index (κ2) is 9.78. The molecular formula is C24H26ClF3O2. The van der Waals surface area contributed by atoms with Crippen molar-refractivity contribution in [2.24, 2.45) is 5.92 Å². The third-order valence-electron chi connectivity index (χ3n) is 5.36. The van der Waals surface area contributed by atoms with Crippen molar-refractivity contribution in [2.75, 3.05) is 6.61 Å². The van der Waals surface area contributed by atoms with E-state index in [4.69, 9.17) is 21.1 Å². The average molecular weight is 439 g/mol. The number of ether oxygens (including phenoxy) is 2. The van der Waals surface area contributed by atoms with Crippen molar-refractivity contribution in [1.82, 2.24) is 0 Å². The summed E-state index contributed by atoms with van der Waals surface area (Å²) in [5.41, 5.74) is 1.76. The van der Waals surface area contributed by atoms with Crippen LogP contribution in [0.4, 0.5) is 13.2 Å². The van der Waals surface area contributed by atoms with Crippen LogP contribution in [0.5, 0.6) is 11.5 Å². The SMILES string of the molecule is CCCC1CC=C(c2ccc(C(F)(F)Oc3ccc(OCC)c(Cl)c3F)cc2)CC1. The minimum atomic E-state index is -3.71. The Hall–Kier alpha value is -2.14. The molecule has 2 aromatic carbocycles. The second-order valence-corrected chi connectivity index (χ2v) is 7.86. The summed E-state index contributed by atoms with van der Waals surface area (Å²) in [7, 11) is 0. The molecular weight excluding hydrogens is 413 g/mol. The Morgan fingerprint density at radius 1 is 1.07 bits per heavy atom. The molecule has 1 aliphatic rings. The van der Waals surface area contributed by atoms with Crippen molar-refractivity contribution in [3.05, 3.63) is 64.4 Å². The second-order valence-electron chi connectivity index (χ2n) is 7.48. The van der Waals surface area contributed by atoms with Gasteiger partial charge in [-0.25, -0.2) is 4.39 Å². The summed E-state index contributed by atoms with van der Waals surface area (Å²) in [6.45, 7) is 4.17. The zero-order valence-corrected chi connectivity index (χ0v) is 17.9. The lowest BCUT2D eigenvalue weighted by atomic mass is 9.84. The summed E-state index contributed by atoms with van der Waals surface area (Å²) in [4.78, 5) is 0. The van der Waals surface area contributed by atoms with Crippen LogP contribution in [0.25, 0.3) is 5.57 Å². The van der Waals surface area contributed by atoms with Crippen LogP contribution >= 0.6 is 11.6 Å². The molecule has 0 bridgehead atoms. The highest BCUT2D eigenvalue weighted by Gasteiger charge is 2.36. The highest BCUT2D eigenvalue weighted by molar-refractivity contribution is 6.32. The fraction of sp³-hybridized carbons (Fsp3) is 0.417. The van der Waals surface area contributed by atoms with Crippen LogP contribution < -0.4 is 9.47 Å². The van der Waals surface area contributed by atoms with Gasteiger partial charge in [0.2, 0.25) is 0 Å². The Labute approximate surface area is 180 Å². The van der Waals surface area contributed by atoms with Gasteiger partial charge in [-0.2, -0.15) is 8.78 Å². The van der Waals surface area contributed by atoms with Gasteiger partial charge in [-0.1, -0.05) is 49.6 Å². The van der Waals surface area contributed by atoms with Crippen LogP contribution in [0.15, 0.2) is 42.5 Å². The summed E-state index contributed by atoms with van der Waals surface area (Å²) in [6.07, 6.45) is 4.01. The Morgan fingerprint density at radius 2 is 1.77 bits per heavy atom. The van der Waals surface area contributed by atoms with E-state index in [-0.39, 0.29) is 22.9 Å². The molecule has 0 aliphatic heterocycles. The number of alkyl halides is 2. The monoisotopic (exact) mass is 438 g/mol. The molecule has 1 aliphatic carbocycles. The van der Waals surface area contributed by atoms with Crippen molar-refractivity contribution < 1.29 is 22.6 Å². The number of hydrogen-bond acceptors (Lipinski definition) is 2. The molecule has 1 atom stereocenters. The largest absolute Gasteiger partial charge is 0.492 e. The zero-order valence-electron chi connectivity index (χ0n) is 17.2. The molecule has 0 amide bonds. The van der Waals surface area contributed by atoms with E-state index in [9.17, 15) is 13.2 Å². The quantitative estimate of drug-likeness (QED) is 0.415. The molecule has 0 fully saturated rings. The molecule has 6 heteroatoms. The molecule has 0 aromatic heterocycles. The van der Waals surface area contributed by atoms with Crippen molar-refractivity contribution in [2.45, 2.75) is 52.1 Å². The lowest BCUT2D eigenvalue weighted by Crippen LogP contribution is -2.22. The predicted molar refractivity (Wildman–Crippen MR) is 114 cm³/mol. The fourth-order valence-electron chi connectivity index (χ4n) is 3.76. The van der Waals surface area contributed by atoms with E-state index in [2.05, 4.69) is 13.0 Å². The Balaban J connectivity index is 1.73. The van der Waals surface area contributed by atoms with Gasteiger partial charge in [-0.15, -0.1) is 0 Å². The molecule has 0 spiro atoms. The smallest absolute Gasteiger partial charge is 0.426 e. The maximum Gasteiger partial charge on any atom is 0.426 e. The summed E-state index contributed by atoms with van der Waals surface area (Å²) < 4.78 is 53.5. The first kappa shape index (κ1) is 22.5. The van der Waals surface area contributed by atoms with E-state index in [0.29, 0.717) is 5.92 Å². The lowest BCUT2D eigenvalue weighted by Gasteiger charge is -2.22. The van der Waals surface area contributed by atoms with Crippen molar-refractivity contribution in [3.63, 3.8) is 0 Å². The molecule has 0 radical (unpaired) electrons. The summed E-state index contributed by atoms with van der Waals surface area (Å²) in [6, 6.07) is 8.38. The van der Waals surface area contributed by atoms with Crippen LogP contribution in [-0.4, -0.2) is 6.61 Å². The Kier molecular flexibility index (Phi) is 7.35. The maximum absolute atomic E-state index is 14.6. The number of hydrogen-bond donors (Lipinski definition) is 0. The van der Waals surface area contributed by atoms with E-state index in [1.54, 1.807) is 19.1 Å². The summed E-state index contributed by atoms with van der Waals surface area (Å²) >= 11 is 5.86. The van der Waals surface area contributed by atoms with Gasteiger partial charge in [0.1, 0.15) is 10.8 Å². The topological polar surface area (TPSA) is 18.5 Å². The van der Waals surface area contributed by atoms with Crippen molar-refractivity contribution in [1.29, 1.82) is 0 Å². The zero-order chi connectivity index (χ0) is 21.7. The molecule has 0 N–H and O–H groups in total. The molecule has 2 aromatic rings. The molecule has 30 heavy (non-hydrogen) atoms. The molecule has 1 unspecified atom stereocenters. The number of halogens is 4. The van der Waals surface area contributed by atoms with E-state index < -0.39 is 17.7 Å². The highest BCUT2D eigenvalue weighted by atomic mass is 35.5. The van der Waals surface area contributed by atoms with Crippen LogP contribution in [0.1, 0.15) is 57.1 Å². The van der Waals surface area contributed by atoms with Crippen LogP contribution in [0, 0.1) is 11.7 Å². The highest BCUT2D eigenvalue weighted by Crippen LogP contribution is 2.39. The molecule has 0 saturated carbocycles. The molecule has 0 heterocycles. The van der Waals surface area contributed by atoms with Gasteiger partial charge >= 0.3 is 6.11 Å². The van der Waals surface area contributed by atoms with Gasteiger partial charge in [0.05, 0.1) is 12.2 Å². The van der Waals surface area contributed by atoms with Crippen molar-refractivity contribution in [3.8, 4) is 11.5 Å². The lowest BCUT2D eigenvalue weighted by molar-refractivity contribution is -0.186. The maximum atomic E-state index is 14.6. The third-order valence-corrected chi connectivity index (χ3v) is 5.71. The minimum absolute atomic E-state index is 0.0821. The van der Waals surface area contributed by atoms with Crippen molar-refractivity contribution >= 4 is 17.2 Å². The number of rotatable bonds is 8. The van der Waals surface area contributed by atoms with Gasteiger partial charge in [-0.3, -0.25) is 0 Å². The molecule has 0 saturated heterocycles. The Morgan fingerprint density at radius 3 is 2.37 bits per heavy atom. The normalized spacial score (nSPS) is 16.9. The predicted octanol–water partition coefficient (Wildman–Crippen LogP) is 7.99. The molecule has 162 valence electrons. The summed E-state index contributed by atoms with van der Waals surface area (Å²) in [5, 5.41) is -0.383. The first-order valence-corrected chi connectivity index (χ1v) is 10.7. The van der Waals surface area contributed by atoms with Crippen LogP contribution in [0.3, 0.4) is 0 Å². The Bertz CT molecular complexity index is 894. The standard InChI is InChI=1S/C24H26ClF3O2/c1-3-5-16-6-8-17(9-7-16)18-10-12-19(13-11-18)24(27,28)30-21-15-14-20(29-4-2)22(25)23(21)26/h8,10-16H,3-7,9H2,1-2H3. The van der Waals surface area contributed by atoms with Crippen LogP contribution in [0.2, 0.25) is 5.02 Å². The van der Waals surface area contributed by atoms with E-state index in [0.717, 1.165) is 30.9 Å². The minimum Gasteiger partial charge on any atom is -0.492 e. The van der Waals surface area contributed by atoms with E-state index in [1.165, 1.54) is 36.6 Å². The van der Waals surface area contributed by atoms with E-state index >= 15 is 0 Å². The van der Waals surface area contributed by atoms with Gasteiger partial charge in [0, 0.05) is 0 Å². The van der Waals surface area contributed by atoms with Crippen LogP contribution in [-0.2, 0) is 6.11 Å². The number of benzene rings is 2.